The highest BCUT2D eigenvalue weighted by atomic mass is 35.5. The Labute approximate surface area is 141 Å². The zero-order valence-electron chi connectivity index (χ0n) is 12.7. The summed E-state index contributed by atoms with van der Waals surface area (Å²) in [5, 5.41) is 0.640. The fraction of sp³-hybridized carbons (Fsp3) is 0.294. The molecule has 3 rings (SSSR count). The van der Waals surface area contributed by atoms with Gasteiger partial charge in [0.05, 0.1) is 12.0 Å². The zero-order chi connectivity index (χ0) is 16.4. The van der Waals surface area contributed by atoms with Gasteiger partial charge in [-0.2, -0.15) is 0 Å². The molecule has 0 unspecified atom stereocenters. The molecule has 1 N–H and O–H groups in total. The average Bonchev–Trinajstić information content (AvgIpc) is 3.38. The Balaban J connectivity index is 1.85. The van der Waals surface area contributed by atoms with E-state index in [1.54, 1.807) is 43.5 Å². The smallest absolute Gasteiger partial charge is 0.241 e. The van der Waals surface area contributed by atoms with E-state index in [0.29, 0.717) is 16.7 Å². The van der Waals surface area contributed by atoms with E-state index in [2.05, 4.69) is 4.72 Å². The van der Waals surface area contributed by atoms with Crippen molar-refractivity contribution in [2.45, 2.75) is 23.8 Å². The number of rotatable bonds is 6. The molecule has 23 heavy (non-hydrogen) atoms. The van der Waals surface area contributed by atoms with Crippen molar-refractivity contribution in [3.63, 3.8) is 0 Å². The van der Waals surface area contributed by atoms with E-state index in [0.717, 1.165) is 18.4 Å². The summed E-state index contributed by atoms with van der Waals surface area (Å²) >= 11 is 5.92. The minimum atomic E-state index is -3.59. The molecule has 1 aliphatic carbocycles. The van der Waals surface area contributed by atoms with Crippen LogP contribution in [0.3, 0.4) is 0 Å². The molecule has 0 spiro atoms. The van der Waals surface area contributed by atoms with E-state index in [1.807, 2.05) is 12.1 Å². The van der Waals surface area contributed by atoms with Crippen LogP contribution in [0.4, 0.5) is 0 Å². The van der Waals surface area contributed by atoms with Crippen LogP contribution in [-0.2, 0) is 10.0 Å². The van der Waals surface area contributed by atoms with Crippen LogP contribution in [0.15, 0.2) is 53.4 Å². The second kappa shape index (κ2) is 6.51. The fourth-order valence-corrected chi connectivity index (χ4v) is 3.95. The van der Waals surface area contributed by atoms with Crippen molar-refractivity contribution in [1.29, 1.82) is 0 Å². The second-order valence-corrected chi connectivity index (χ2v) is 7.81. The van der Waals surface area contributed by atoms with Crippen molar-refractivity contribution in [2.24, 2.45) is 5.92 Å². The lowest BCUT2D eigenvalue weighted by molar-refractivity contribution is 0.414. The molecule has 2 aromatic carbocycles. The number of sulfonamides is 1. The molecule has 6 heteroatoms. The lowest BCUT2D eigenvalue weighted by Crippen LogP contribution is -2.30. The number of hydrogen-bond donors (Lipinski definition) is 1. The molecular formula is C17H18ClNO3S. The molecule has 1 fully saturated rings. The molecule has 4 nitrogen and oxygen atoms in total. The van der Waals surface area contributed by atoms with Gasteiger partial charge >= 0.3 is 0 Å². The van der Waals surface area contributed by atoms with Gasteiger partial charge in [-0.25, -0.2) is 13.1 Å². The van der Waals surface area contributed by atoms with Crippen LogP contribution in [0.5, 0.6) is 5.75 Å². The molecule has 0 aliphatic heterocycles. The highest BCUT2D eigenvalue weighted by Gasteiger charge is 2.35. The maximum absolute atomic E-state index is 12.6. The first-order chi connectivity index (χ1) is 11.0. The van der Waals surface area contributed by atoms with Crippen LogP contribution in [0, 0.1) is 5.92 Å². The molecule has 0 aromatic heterocycles. The van der Waals surface area contributed by atoms with Crippen molar-refractivity contribution in [2.75, 3.05) is 7.11 Å². The van der Waals surface area contributed by atoms with E-state index >= 15 is 0 Å². The van der Waals surface area contributed by atoms with Gasteiger partial charge in [0.2, 0.25) is 10.0 Å². The third-order valence-corrected chi connectivity index (χ3v) is 5.68. The first-order valence-corrected chi connectivity index (χ1v) is 9.27. The van der Waals surface area contributed by atoms with Crippen molar-refractivity contribution in [3.8, 4) is 5.75 Å². The van der Waals surface area contributed by atoms with Gasteiger partial charge in [0.1, 0.15) is 5.75 Å². The first kappa shape index (κ1) is 16.3. The highest BCUT2D eigenvalue weighted by Crippen LogP contribution is 2.42. The van der Waals surface area contributed by atoms with Gasteiger partial charge in [0, 0.05) is 11.1 Å². The van der Waals surface area contributed by atoms with Crippen LogP contribution in [0.25, 0.3) is 0 Å². The third-order valence-electron chi connectivity index (χ3n) is 3.97. The first-order valence-electron chi connectivity index (χ1n) is 7.41. The van der Waals surface area contributed by atoms with Gasteiger partial charge in [-0.15, -0.1) is 0 Å². The summed E-state index contributed by atoms with van der Waals surface area (Å²) in [6, 6.07) is 13.5. The molecule has 0 bridgehead atoms. The summed E-state index contributed by atoms with van der Waals surface area (Å²) in [6.45, 7) is 0. The number of nitrogens with one attached hydrogen (secondary N) is 1. The molecule has 0 radical (unpaired) electrons. The summed E-state index contributed by atoms with van der Waals surface area (Å²) < 4.78 is 33.2. The van der Waals surface area contributed by atoms with Gasteiger partial charge in [-0.1, -0.05) is 23.7 Å². The normalized spacial score (nSPS) is 16.1. The van der Waals surface area contributed by atoms with Gasteiger partial charge in [-0.05, 0) is 60.7 Å². The summed E-state index contributed by atoms with van der Waals surface area (Å²) in [5.74, 6) is 0.963. The van der Waals surface area contributed by atoms with Gasteiger partial charge in [-0.3, -0.25) is 0 Å². The third kappa shape index (κ3) is 3.86. The monoisotopic (exact) mass is 351 g/mol. The number of halogens is 1. The Morgan fingerprint density at radius 2 is 1.70 bits per heavy atom. The highest BCUT2D eigenvalue weighted by molar-refractivity contribution is 7.89. The quantitative estimate of drug-likeness (QED) is 0.861. The van der Waals surface area contributed by atoms with Crippen molar-refractivity contribution >= 4 is 21.6 Å². The standard InChI is InChI=1S/C17H18ClNO3S/c1-22-15-8-10-16(11-9-15)23(20,21)19-17(12-2-3-12)13-4-6-14(18)7-5-13/h4-12,17,19H,2-3H2,1H3/t17-/m0/s1. The molecule has 122 valence electrons. The number of ether oxygens (including phenoxy) is 1. The number of hydrogen-bond acceptors (Lipinski definition) is 3. The Kier molecular flexibility index (Phi) is 4.62. The molecule has 1 aliphatic rings. The summed E-state index contributed by atoms with van der Waals surface area (Å²) in [6.07, 6.45) is 2.05. The van der Waals surface area contributed by atoms with Crippen molar-refractivity contribution in [1.82, 2.24) is 4.72 Å². The maximum atomic E-state index is 12.6. The lowest BCUT2D eigenvalue weighted by Gasteiger charge is -2.19. The van der Waals surface area contributed by atoms with Crippen LogP contribution in [0.1, 0.15) is 24.4 Å². The summed E-state index contributed by atoms with van der Waals surface area (Å²) in [4.78, 5) is 0.234. The molecule has 1 atom stereocenters. The van der Waals surface area contributed by atoms with E-state index in [1.165, 1.54) is 0 Å². The second-order valence-electron chi connectivity index (χ2n) is 5.66. The van der Waals surface area contributed by atoms with E-state index in [-0.39, 0.29) is 10.9 Å². The van der Waals surface area contributed by atoms with Crippen LogP contribution < -0.4 is 9.46 Å². The topological polar surface area (TPSA) is 55.4 Å². The molecule has 1 saturated carbocycles. The molecular weight excluding hydrogens is 334 g/mol. The summed E-state index contributed by atoms with van der Waals surface area (Å²) in [7, 11) is -2.04. The minimum absolute atomic E-state index is 0.223. The van der Waals surface area contributed by atoms with Crippen LogP contribution >= 0.6 is 11.6 Å². The molecule has 0 saturated heterocycles. The SMILES string of the molecule is COc1ccc(S(=O)(=O)N[C@H](c2ccc(Cl)cc2)C2CC2)cc1. The minimum Gasteiger partial charge on any atom is -0.497 e. The number of benzene rings is 2. The number of methoxy groups -OCH3 is 1. The van der Waals surface area contributed by atoms with Gasteiger partial charge in [0.15, 0.2) is 0 Å². The largest absolute Gasteiger partial charge is 0.497 e. The zero-order valence-corrected chi connectivity index (χ0v) is 14.3. The summed E-state index contributed by atoms with van der Waals surface area (Å²) in [5.41, 5.74) is 0.939. The Morgan fingerprint density at radius 3 is 2.22 bits per heavy atom. The van der Waals surface area contributed by atoms with Crippen LogP contribution in [0.2, 0.25) is 5.02 Å². The molecule has 0 amide bonds. The molecule has 0 heterocycles. The predicted octanol–water partition coefficient (Wildman–Crippen LogP) is 3.78. The van der Waals surface area contributed by atoms with Crippen molar-refractivity contribution in [3.05, 3.63) is 59.1 Å². The Hall–Kier alpha value is -1.56. The van der Waals surface area contributed by atoms with E-state index in [4.69, 9.17) is 16.3 Å². The van der Waals surface area contributed by atoms with Gasteiger partial charge < -0.3 is 4.74 Å². The van der Waals surface area contributed by atoms with E-state index < -0.39 is 10.0 Å². The lowest BCUT2D eigenvalue weighted by atomic mass is 10.0. The Bertz CT molecular complexity index is 768. The Morgan fingerprint density at radius 1 is 1.09 bits per heavy atom. The van der Waals surface area contributed by atoms with E-state index in [9.17, 15) is 8.42 Å². The van der Waals surface area contributed by atoms with Gasteiger partial charge in [0.25, 0.3) is 0 Å². The predicted molar refractivity (Wildman–Crippen MR) is 90.2 cm³/mol. The van der Waals surface area contributed by atoms with Crippen LogP contribution in [-0.4, -0.2) is 15.5 Å². The van der Waals surface area contributed by atoms with Crippen molar-refractivity contribution < 1.29 is 13.2 Å². The fourth-order valence-electron chi connectivity index (χ4n) is 2.53. The maximum Gasteiger partial charge on any atom is 0.241 e. The molecule has 2 aromatic rings. The average molecular weight is 352 g/mol.